The van der Waals surface area contributed by atoms with E-state index in [-0.39, 0.29) is 72.0 Å². The number of aromatic nitrogens is 3. The van der Waals surface area contributed by atoms with Gasteiger partial charge in [0, 0.05) is 90.8 Å². The van der Waals surface area contributed by atoms with Crippen molar-refractivity contribution in [3.05, 3.63) is 29.8 Å². The van der Waals surface area contributed by atoms with Crippen molar-refractivity contribution >= 4 is 47.4 Å². The van der Waals surface area contributed by atoms with Gasteiger partial charge in [0.2, 0.25) is 17.8 Å². The maximum absolute atomic E-state index is 12.0. The first-order valence-corrected chi connectivity index (χ1v) is 16.5. The quantitative estimate of drug-likeness (QED) is 0.119. The lowest BCUT2D eigenvalue weighted by molar-refractivity contribution is -0.142. The number of nitrogens with zero attached hydrogens (tertiary/aromatic N) is 8. The number of carbonyl (C=O) groups is 4. The molecule has 1 aromatic heterocycles. The second-order valence-corrected chi connectivity index (χ2v) is 12.3. The smallest absolute Gasteiger partial charge is 0.317 e. The van der Waals surface area contributed by atoms with Gasteiger partial charge in [-0.15, -0.1) is 0 Å². The first-order valence-electron chi connectivity index (χ1n) is 16.5. The summed E-state index contributed by atoms with van der Waals surface area (Å²) in [5, 5.41) is 48.0. The lowest BCUT2D eigenvalue weighted by Gasteiger charge is -2.37. The summed E-state index contributed by atoms with van der Waals surface area (Å²) in [6, 6.07) is 7.02. The van der Waals surface area contributed by atoms with Gasteiger partial charge in [-0.05, 0) is 24.1 Å². The van der Waals surface area contributed by atoms with Gasteiger partial charge in [0.25, 0.3) is 0 Å². The standard InChI is InChI=1S/C31H47N11O8/c1-32-29-35-30(37-31(36-29)41-8-6-33-7-9-41)34-23-4-2-22(3-5-23)16-24-17-40(20-27(47)48)13-12-38(18-25(43)44)10-11-39(19-26(45)46)14-15-42(24)21-28(49)50/h2-5,24,33H,6-21H2,1H3,(H,43,44)(H,45,46)(H,47,48)(H,49,50)(H2,32,34,35,36,37). The summed E-state index contributed by atoms with van der Waals surface area (Å²) < 4.78 is 0. The maximum Gasteiger partial charge on any atom is 0.317 e. The van der Waals surface area contributed by atoms with E-state index >= 15 is 0 Å². The van der Waals surface area contributed by atoms with Crippen molar-refractivity contribution in [2.45, 2.75) is 12.5 Å². The third-order valence-electron chi connectivity index (χ3n) is 8.50. The van der Waals surface area contributed by atoms with Crippen molar-refractivity contribution in [2.24, 2.45) is 0 Å². The molecule has 19 heteroatoms. The number of anilines is 4. The first-order chi connectivity index (χ1) is 24.0. The molecule has 1 unspecified atom stereocenters. The number of piperazine rings is 1. The topological polar surface area (TPSA) is 240 Å². The van der Waals surface area contributed by atoms with Gasteiger partial charge < -0.3 is 41.3 Å². The molecule has 50 heavy (non-hydrogen) atoms. The van der Waals surface area contributed by atoms with Crippen LogP contribution in [0.4, 0.5) is 23.5 Å². The predicted molar refractivity (Wildman–Crippen MR) is 183 cm³/mol. The lowest BCUT2D eigenvalue weighted by atomic mass is 10.0. The second kappa shape index (κ2) is 18.9. The summed E-state index contributed by atoms with van der Waals surface area (Å²) in [7, 11) is 1.74. The van der Waals surface area contributed by atoms with E-state index in [1.54, 1.807) is 26.6 Å². The highest BCUT2D eigenvalue weighted by atomic mass is 16.4. The zero-order chi connectivity index (χ0) is 36.0. The highest BCUT2D eigenvalue weighted by Crippen LogP contribution is 2.20. The largest absolute Gasteiger partial charge is 0.480 e. The summed E-state index contributed by atoms with van der Waals surface area (Å²) in [5.41, 5.74) is 1.57. The molecule has 2 aromatic rings. The van der Waals surface area contributed by atoms with Crippen molar-refractivity contribution in [3.8, 4) is 0 Å². The van der Waals surface area contributed by atoms with Gasteiger partial charge in [0.15, 0.2) is 0 Å². The summed E-state index contributed by atoms with van der Waals surface area (Å²) in [4.78, 5) is 69.5. The van der Waals surface area contributed by atoms with E-state index in [0.29, 0.717) is 30.0 Å². The fourth-order valence-corrected chi connectivity index (χ4v) is 6.02. The molecular formula is C31H47N11O8. The fourth-order valence-electron chi connectivity index (χ4n) is 6.02. The Morgan fingerprint density at radius 1 is 0.700 bits per heavy atom. The summed E-state index contributed by atoms with van der Waals surface area (Å²) in [5.74, 6) is -2.88. The van der Waals surface area contributed by atoms with Gasteiger partial charge in [-0.2, -0.15) is 15.0 Å². The van der Waals surface area contributed by atoms with Crippen LogP contribution in [-0.4, -0.2) is 190 Å². The molecule has 0 aliphatic carbocycles. The van der Waals surface area contributed by atoms with Gasteiger partial charge in [0.05, 0.1) is 26.2 Å². The van der Waals surface area contributed by atoms with E-state index < -0.39 is 29.9 Å². The Hall–Kier alpha value is -4.69. The molecule has 0 spiro atoms. The summed E-state index contributed by atoms with van der Waals surface area (Å²) in [6.45, 7) is 3.51. The number of hydrogen-bond acceptors (Lipinski definition) is 15. The molecule has 2 fully saturated rings. The zero-order valence-corrected chi connectivity index (χ0v) is 28.2. The van der Waals surface area contributed by atoms with E-state index in [1.165, 1.54) is 0 Å². The van der Waals surface area contributed by atoms with E-state index in [0.717, 1.165) is 31.7 Å². The fraction of sp³-hybridized carbons (Fsp3) is 0.581. The predicted octanol–water partition coefficient (Wildman–Crippen LogP) is -1.46. The van der Waals surface area contributed by atoms with Crippen molar-refractivity contribution in [2.75, 3.05) is 121 Å². The average Bonchev–Trinajstić information content (AvgIpc) is 3.06. The van der Waals surface area contributed by atoms with Gasteiger partial charge >= 0.3 is 23.9 Å². The number of carboxylic acids is 4. The van der Waals surface area contributed by atoms with Gasteiger partial charge in [-0.25, -0.2) is 0 Å². The molecule has 7 N–H and O–H groups in total. The Bertz CT molecular complexity index is 1440. The third kappa shape index (κ3) is 12.6. The number of benzene rings is 1. The van der Waals surface area contributed by atoms with Crippen molar-refractivity contribution < 1.29 is 39.6 Å². The second-order valence-electron chi connectivity index (χ2n) is 12.3. The van der Waals surface area contributed by atoms with Gasteiger partial charge in [0.1, 0.15) is 0 Å². The highest BCUT2D eigenvalue weighted by Gasteiger charge is 2.27. The number of carboxylic acid groups (broad SMARTS) is 4. The molecule has 0 saturated carbocycles. The van der Waals surface area contributed by atoms with Crippen LogP contribution in [0.1, 0.15) is 5.56 Å². The molecule has 3 heterocycles. The molecule has 1 aromatic carbocycles. The summed E-state index contributed by atoms with van der Waals surface area (Å²) in [6.07, 6.45) is 0.365. The number of aliphatic carboxylic acids is 4. The molecular weight excluding hydrogens is 654 g/mol. The van der Waals surface area contributed by atoms with E-state index in [9.17, 15) is 39.6 Å². The average molecular weight is 702 g/mol. The molecule has 2 saturated heterocycles. The Morgan fingerprint density at radius 2 is 1.22 bits per heavy atom. The zero-order valence-electron chi connectivity index (χ0n) is 28.2. The van der Waals surface area contributed by atoms with E-state index in [1.807, 2.05) is 24.3 Å². The van der Waals surface area contributed by atoms with Crippen LogP contribution in [0.3, 0.4) is 0 Å². The molecule has 1 atom stereocenters. The molecule has 0 bridgehead atoms. The van der Waals surface area contributed by atoms with Crippen LogP contribution < -0.4 is 20.9 Å². The molecule has 274 valence electrons. The molecule has 0 radical (unpaired) electrons. The minimum Gasteiger partial charge on any atom is -0.480 e. The van der Waals surface area contributed by atoms with Gasteiger partial charge in [-0.3, -0.25) is 38.8 Å². The van der Waals surface area contributed by atoms with Crippen LogP contribution >= 0.6 is 0 Å². The van der Waals surface area contributed by atoms with Crippen molar-refractivity contribution in [3.63, 3.8) is 0 Å². The Kier molecular flexibility index (Phi) is 14.4. The Labute approximate surface area is 289 Å². The molecule has 0 amide bonds. The van der Waals surface area contributed by atoms with Crippen LogP contribution in [0, 0.1) is 0 Å². The minimum atomic E-state index is -1.07. The third-order valence-corrected chi connectivity index (χ3v) is 8.50. The SMILES string of the molecule is CNc1nc(Nc2ccc(CC3CN(CC(=O)O)CCN(CC(=O)O)CCN(CC(=O)O)CCN3CC(=O)O)cc2)nc(N2CCNCC2)n1. The monoisotopic (exact) mass is 701 g/mol. The number of hydrogen-bond donors (Lipinski definition) is 7. The maximum atomic E-state index is 12.0. The van der Waals surface area contributed by atoms with E-state index in [4.69, 9.17) is 0 Å². The number of rotatable bonds is 14. The lowest BCUT2D eigenvalue weighted by Crippen LogP contribution is -2.53. The van der Waals surface area contributed by atoms with Crippen LogP contribution in [-0.2, 0) is 25.6 Å². The first kappa shape index (κ1) is 38.1. The van der Waals surface area contributed by atoms with Crippen LogP contribution in [0.25, 0.3) is 0 Å². The van der Waals surface area contributed by atoms with Crippen LogP contribution in [0.5, 0.6) is 0 Å². The Morgan fingerprint density at radius 3 is 1.78 bits per heavy atom. The minimum absolute atomic E-state index is 0.186. The highest BCUT2D eigenvalue weighted by molar-refractivity contribution is 5.70. The molecule has 2 aliphatic rings. The molecule has 4 rings (SSSR count). The van der Waals surface area contributed by atoms with Crippen LogP contribution in [0.2, 0.25) is 0 Å². The normalized spacial score (nSPS) is 19.2. The Balaban J connectivity index is 1.57. The van der Waals surface area contributed by atoms with Crippen LogP contribution in [0.15, 0.2) is 24.3 Å². The van der Waals surface area contributed by atoms with Gasteiger partial charge in [-0.1, -0.05) is 12.1 Å². The molecule has 19 nitrogen and oxygen atoms in total. The van der Waals surface area contributed by atoms with E-state index in [2.05, 4.69) is 35.8 Å². The molecule has 2 aliphatic heterocycles. The van der Waals surface area contributed by atoms with Crippen molar-refractivity contribution in [1.29, 1.82) is 0 Å². The number of nitrogens with one attached hydrogen (secondary N) is 3. The summed E-state index contributed by atoms with van der Waals surface area (Å²) >= 11 is 0. The van der Waals surface area contributed by atoms with Crippen molar-refractivity contribution in [1.82, 2.24) is 39.9 Å².